The van der Waals surface area contributed by atoms with E-state index >= 15 is 0 Å². The molecule has 4 aliphatic carbocycles. The van der Waals surface area contributed by atoms with Gasteiger partial charge in [-0.2, -0.15) is 0 Å². The minimum atomic E-state index is -1.17. The van der Waals surface area contributed by atoms with E-state index in [4.69, 9.17) is 9.94 Å². The van der Waals surface area contributed by atoms with E-state index in [0.29, 0.717) is 25.0 Å². The standard InChI is InChI=1S/C23H33NO7/c1-12(24-31-11-20(28)29)13-5-7-23(30)15-8-17(25)16-9-18(26)19(27)10-21(16,2)14(15)4-6-22(13,23)3/h8,13-14,16,18-19,26-27,30H,4-7,9-11H2,1-3H3,(H,28,29)/b24-12-/t13-,14?,16?,18?,19?,21?,22?,23-/m1/s1. The summed E-state index contributed by atoms with van der Waals surface area (Å²) < 4.78 is 0. The van der Waals surface area contributed by atoms with Gasteiger partial charge in [0.05, 0.1) is 23.5 Å². The lowest BCUT2D eigenvalue weighted by atomic mass is 9.46. The third-order valence-corrected chi connectivity index (χ3v) is 9.02. The molecule has 0 radical (unpaired) electrons. The number of nitrogens with zero attached hydrogens (tertiary/aromatic N) is 1. The van der Waals surface area contributed by atoms with Crippen molar-refractivity contribution in [1.82, 2.24) is 0 Å². The number of fused-ring (bicyclic) bond motifs is 5. The van der Waals surface area contributed by atoms with Gasteiger partial charge in [-0.25, -0.2) is 4.79 Å². The highest BCUT2D eigenvalue weighted by Gasteiger charge is 2.66. The molecule has 4 aliphatic rings. The Morgan fingerprint density at radius 1 is 1.19 bits per heavy atom. The van der Waals surface area contributed by atoms with E-state index in [1.54, 1.807) is 13.0 Å². The van der Waals surface area contributed by atoms with Crippen molar-refractivity contribution in [3.05, 3.63) is 11.6 Å². The van der Waals surface area contributed by atoms with Gasteiger partial charge in [-0.1, -0.05) is 19.0 Å². The van der Waals surface area contributed by atoms with Crippen LogP contribution in [0, 0.1) is 28.6 Å². The number of oxime groups is 1. The summed E-state index contributed by atoms with van der Waals surface area (Å²) in [6, 6.07) is 0. The lowest BCUT2D eigenvalue weighted by Gasteiger charge is -2.59. The lowest BCUT2D eigenvalue weighted by Crippen LogP contribution is -2.60. The van der Waals surface area contributed by atoms with Gasteiger partial charge in [-0.05, 0) is 68.4 Å². The maximum Gasteiger partial charge on any atom is 0.344 e. The fourth-order valence-electron chi connectivity index (χ4n) is 7.29. The average molecular weight is 436 g/mol. The number of rotatable bonds is 4. The molecule has 6 unspecified atom stereocenters. The van der Waals surface area contributed by atoms with E-state index in [2.05, 4.69) is 5.16 Å². The van der Waals surface area contributed by atoms with Crippen molar-refractivity contribution < 1.29 is 34.9 Å². The van der Waals surface area contributed by atoms with Crippen LogP contribution in [0.3, 0.4) is 0 Å². The first-order valence-corrected chi connectivity index (χ1v) is 11.2. The maximum atomic E-state index is 13.1. The molecule has 8 heteroatoms. The molecule has 0 aromatic rings. The number of aliphatic hydroxyl groups is 3. The van der Waals surface area contributed by atoms with Crippen LogP contribution < -0.4 is 0 Å². The fraction of sp³-hybridized carbons (Fsp3) is 0.783. The number of aliphatic hydroxyl groups excluding tert-OH is 2. The van der Waals surface area contributed by atoms with Crippen LogP contribution in [-0.4, -0.2) is 62.3 Å². The van der Waals surface area contributed by atoms with Gasteiger partial charge in [-0.15, -0.1) is 0 Å². The number of carboxylic acid groups (broad SMARTS) is 1. The zero-order valence-corrected chi connectivity index (χ0v) is 18.4. The smallest absolute Gasteiger partial charge is 0.344 e. The number of hydrogen-bond acceptors (Lipinski definition) is 7. The zero-order valence-electron chi connectivity index (χ0n) is 18.4. The molecule has 0 aliphatic heterocycles. The summed E-state index contributed by atoms with van der Waals surface area (Å²) in [5, 5.41) is 45.3. The monoisotopic (exact) mass is 435 g/mol. The fourth-order valence-corrected chi connectivity index (χ4v) is 7.29. The number of carbonyl (C=O) groups is 2. The van der Waals surface area contributed by atoms with E-state index in [0.717, 1.165) is 18.4 Å². The van der Waals surface area contributed by atoms with Gasteiger partial charge in [0.25, 0.3) is 0 Å². The predicted molar refractivity (Wildman–Crippen MR) is 111 cm³/mol. The SMILES string of the molecule is C/C(=N/OCC(=O)O)[C@H]1CC[C@@]2(O)C3=CC(=O)C4CC(O)C(O)CC4(C)C3CCC12C. The Hall–Kier alpha value is -1.77. The number of carbonyl (C=O) groups excluding carboxylic acids is 1. The summed E-state index contributed by atoms with van der Waals surface area (Å²) in [7, 11) is 0. The lowest BCUT2D eigenvalue weighted by molar-refractivity contribution is -0.151. The van der Waals surface area contributed by atoms with E-state index in [1.165, 1.54) is 0 Å². The molecular formula is C23H33NO7. The maximum absolute atomic E-state index is 13.1. The Bertz CT molecular complexity index is 853. The molecule has 3 fully saturated rings. The van der Waals surface area contributed by atoms with Crippen LogP contribution in [0.1, 0.15) is 59.3 Å². The molecule has 0 aromatic heterocycles. The van der Waals surface area contributed by atoms with Crippen LogP contribution in [0.5, 0.6) is 0 Å². The van der Waals surface area contributed by atoms with E-state index in [9.17, 15) is 24.9 Å². The highest BCUT2D eigenvalue weighted by molar-refractivity contribution is 5.95. The van der Waals surface area contributed by atoms with Gasteiger partial charge >= 0.3 is 5.97 Å². The van der Waals surface area contributed by atoms with Crippen LogP contribution in [-0.2, 0) is 14.4 Å². The molecular weight excluding hydrogens is 402 g/mol. The summed E-state index contributed by atoms with van der Waals surface area (Å²) in [6.45, 7) is 5.33. The molecule has 0 amide bonds. The molecule has 31 heavy (non-hydrogen) atoms. The topological polar surface area (TPSA) is 137 Å². The quantitative estimate of drug-likeness (QED) is 0.389. The summed E-state index contributed by atoms with van der Waals surface area (Å²) in [5.41, 5.74) is -0.806. The largest absolute Gasteiger partial charge is 0.479 e. The summed E-state index contributed by atoms with van der Waals surface area (Å²) in [6.07, 6.45) is 3.09. The van der Waals surface area contributed by atoms with Crippen LogP contribution in [0.4, 0.5) is 0 Å². The van der Waals surface area contributed by atoms with Gasteiger partial charge in [-0.3, -0.25) is 4.79 Å². The van der Waals surface area contributed by atoms with Crippen LogP contribution in [0.15, 0.2) is 16.8 Å². The molecule has 0 heterocycles. The Morgan fingerprint density at radius 3 is 2.58 bits per heavy atom. The molecule has 0 bridgehead atoms. The van der Waals surface area contributed by atoms with E-state index in [-0.39, 0.29) is 30.0 Å². The first-order valence-electron chi connectivity index (χ1n) is 11.2. The first kappa shape index (κ1) is 22.4. The molecule has 8 nitrogen and oxygen atoms in total. The van der Waals surface area contributed by atoms with Gasteiger partial charge in [0.1, 0.15) is 0 Å². The number of allylic oxidation sites excluding steroid dienone is 1. The zero-order chi connectivity index (χ0) is 22.8. The van der Waals surface area contributed by atoms with Crippen molar-refractivity contribution in [1.29, 1.82) is 0 Å². The van der Waals surface area contributed by atoms with Crippen LogP contribution in [0.2, 0.25) is 0 Å². The van der Waals surface area contributed by atoms with Gasteiger partial charge in [0.15, 0.2) is 5.78 Å². The number of hydrogen-bond donors (Lipinski definition) is 4. The van der Waals surface area contributed by atoms with Crippen molar-refractivity contribution in [2.45, 2.75) is 77.1 Å². The minimum absolute atomic E-state index is 0.0327. The highest BCUT2D eigenvalue weighted by atomic mass is 16.6. The third-order valence-electron chi connectivity index (χ3n) is 9.02. The molecule has 4 N–H and O–H groups in total. The van der Waals surface area contributed by atoms with Gasteiger partial charge < -0.3 is 25.3 Å². The van der Waals surface area contributed by atoms with Crippen molar-refractivity contribution in [2.75, 3.05) is 6.61 Å². The van der Waals surface area contributed by atoms with Crippen molar-refractivity contribution >= 4 is 17.5 Å². The number of ketones is 1. The minimum Gasteiger partial charge on any atom is -0.479 e. The molecule has 0 saturated heterocycles. The molecule has 8 atom stereocenters. The van der Waals surface area contributed by atoms with Crippen LogP contribution in [0.25, 0.3) is 0 Å². The average Bonchev–Trinajstić information content (AvgIpc) is 2.96. The Balaban J connectivity index is 1.68. The van der Waals surface area contributed by atoms with Crippen LogP contribution >= 0.6 is 0 Å². The third kappa shape index (κ3) is 3.17. The highest BCUT2D eigenvalue weighted by Crippen LogP contribution is 2.67. The predicted octanol–water partition coefficient (Wildman–Crippen LogP) is 1.67. The normalized spacial score (nSPS) is 47.2. The van der Waals surface area contributed by atoms with Crippen molar-refractivity contribution in [3.8, 4) is 0 Å². The Kier molecular flexibility index (Phi) is 5.34. The Morgan fingerprint density at radius 2 is 1.90 bits per heavy atom. The van der Waals surface area contributed by atoms with Gasteiger partial charge in [0.2, 0.25) is 6.61 Å². The summed E-state index contributed by atoms with van der Waals surface area (Å²) in [4.78, 5) is 28.8. The van der Waals surface area contributed by atoms with Crippen molar-refractivity contribution in [3.63, 3.8) is 0 Å². The number of aliphatic carboxylic acids is 1. The van der Waals surface area contributed by atoms with E-state index in [1.807, 2.05) is 13.8 Å². The van der Waals surface area contributed by atoms with Crippen molar-refractivity contribution in [2.24, 2.45) is 33.7 Å². The molecule has 3 saturated carbocycles. The Labute approximate surface area is 182 Å². The second-order valence-electron chi connectivity index (χ2n) is 10.5. The first-order chi connectivity index (χ1) is 14.4. The summed E-state index contributed by atoms with van der Waals surface area (Å²) in [5.74, 6) is -1.64. The molecule has 0 spiro atoms. The molecule has 4 rings (SSSR count). The second kappa shape index (κ2) is 7.39. The van der Waals surface area contributed by atoms with Gasteiger partial charge in [0, 0.05) is 17.3 Å². The number of carboxylic acids is 1. The molecule has 0 aromatic carbocycles. The molecule has 172 valence electrons. The van der Waals surface area contributed by atoms with E-state index < -0.39 is 41.2 Å². The second-order valence-corrected chi connectivity index (χ2v) is 10.5. The summed E-state index contributed by atoms with van der Waals surface area (Å²) >= 11 is 0.